The third-order valence-corrected chi connectivity index (χ3v) is 6.96. The Morgan fingerprint density at radius 1 is 1.10 bits per heavy atom. The highest BCUT2D eigenvalue weighted by atomic mass is 32.2. The van der Waals surface area contributed by atoms with Crippen LogP contribution in [0.1, 0.15) is 45.9 Å². The summed E-state index contributed by atoms with van der Waals surface area (Å²) < 4.78 is 0. The van der Waals surface area contributed by atoms with Crippen LogP contribution < -0.4 is 10.2 Å². The van der Waals surface area contributed by atoms with Crippen molar-refractivity contribution in [3.8, 4) is 0 Å². The summed E-state index contributed by atoms with van der Waals surface area (Å²) in [6.07, 6.45) is 0. The van der Waals surface area contributed by atoms with Gasteiger partial charge in [0.1, 0.15) is 5.37 Å². The molecular weight excluding hydrogens is 400 g/mol. The van der Waals surface area contributed by atoms with Crippen LogP contribution in [0.5, 0.6) is 0 Å². The predicted octanol–water partition coefficient (Wildman–Crippen LogP) is 5.90. The Balaban J connectivity index is 1.58. The molecule has 0 unspecified atom stereocenters. The highest BCUT2D eigenvalue weighted by Crippen LogP contribution is 2.42. The van der Waals surface area contributed by atoms with Crippen LogP contribution in [0.25, 0.3) is 0 Å². The molecule has 1 aliphatic heterocycles. The van der Waals surface area contributed by atoms with E-state index in [1.165, 1.54) is 16.9 Å². The molecule has 0 saturated carbocycles. The summed E-state index contributed by atoms with van der Waals surface area (Å²) in [6, 6.07) is 19.6. The van der Waals surface area contributed by atoms with Crippen LogP contribution in [0.4, 0.5) is 11.4 Å². The minimum atomic E-state index is -0.117. The van der Waals surface area contributed by atoms with Gasteiger partial charge in [0.15, 0.2) is 0 Å². The smallest absolute Gasteiger partial charge is 0.265 e. The van der Waals surface area contributed by atoms with E-state index in [1.807, 2.05) is 52.7 Å². The number of thioether (sulfide) groups is 1. The summed E-state index contributed by atoms with van der Waals surface area (Å²) in [5.41, 5.74) is 3.89. The number of nitrogens with zero attached hydrogens (tertiary/aromatic N) is 1. The molecule has 1 atom stereocenters. The molecule has 0 radical (unpaired) electrons. The number of amides is 2. The third kappa shape index (κ3) is 4.23. The van der Waals surface area contributed by atoms with Crippen LogP contribution in [0.2, 0.25) is 0 Å². The van der Waals surface area contributed by atoms with Crippen molar-refractivity contribution in [2.75, 3.05) is 16.0 Å². The number of rotatable bonds is 5. The van der Waals surface area contributed by atoms with Crippen molar-refractivity contribution in [1.82, 2.24) is 0 Å². The van der Waals surface area contributed by atoms with Crippen molar-refractivity contribution in [3.63, 3.8) is 0 Å². The number of carbonyl (C=O) groups excluding carboxylic acids is 2. The molecule has 148 valence electrons. The van der Waals surface area contributed by atoms with Crippen LogP contribution in [-0.2, 0) is 4.79 Å². The Morgan fingerprint density at radius 2 is 1.90 bits per heavy atom. The maximum absolute atomic E-state index is 12.6. The van der Waals surface area contributed by atoms with Crippen molar-refractivity contribution >= 4 is 46.3 Å². The van der Waals surface area contributed by atoms with E-state index in [9.17, 15) is 9.59 Å². The summed E-state index contributed by atoms with van der Waals surface area (Å²) in [5.74, 6) is 0.883. The summed E-state index contributed by atoms with van der Waals surface area (Å²) in [6.45, 7) is 4.31. The summed E-state index contributed by atoms with van der Waals surface area (Å²) in [4.78, 5) is 27.5. The lowest BCUT2D eigenvalue weighted by molar-refractivity contribution is -0.115. The number of benzene rings is 2. The average molecular weight is 423 g/mol. The zero-order valence-corrected chi connectivity index (χ0v) is 17.9. The van der Waals surface area contributed by atoms with Crippen LogP contribution in [-0.4, -0.2) is 17.6 Å². The minimum absolute atomic E-state index is 0.102. The minimum Gasteiger partial charge on any atom is -0.321 e. The van der Waals surface area contributed by atoms with Crippen LogP contribution in [0.3, 0.4) is 0 Å². The third-order valence-electron chi connectivity index (χ3n) is 4.88. The Labute approximate surface area is 178 Å². The molecule has 1 saturated heterocycles. The summed E-state index contributed by atoms with van der Waals surface area (Å²) in [7, 11) is 0. The van der Waals surface area contributed by atoms with Crippen molar-refractivity contribution < 1.29 is 9.59 Å². The van der Waals surface area contributed by atoms with E-state index in [2.05, 4.69) is 31.3 Å². The second kappa shape index (κ2) is 8.43. The molecule has 1 N–H and O–H groups in total. The molecule has 2 aromatic carbocycles. The molecule has 2 amide bonds. The number of thiophene rings is 1. The molecule has 6 heteroatoms. The lowest BCUT2D eigenvalue weighted by atomic mass is 10.0. The van der Waals surface area contributed by atoms with Crippen LogP contribution >= 0.6 is 23.1 Å². The first kappa shape index (κ1) is 19.7. The van der Waals surface area contributed by atoms with E-state index < -0.39 is 0 Å². The fraction of sp³-hybridized carbons (Fsp3) is 0.217. The molecule has 2 heterocycles. The highest BCUT2D eigenvalue weighted by molar-refractivity contribution is 8.00. The quantitative estimate of drug-likeness (QED) is 0.557. The van der Waals surface area contributed by atoms with E-state index in [0.29, 0.717) is 16.5 Å². The molecule has 0 bridgehead atoms. The fourth-order valence-corrected chi connectivity index (χ4v) is 5.13. The van der Waals surface area contributed by atoms with Gasteiger partial charge >= 0.3 is 0 Å². The molecule has 4 rings (SSSR count). The van der Waals surface area contributed by atoms with Crippen LogP contribution in [0.15, 0.2) is 66.0 Å². The number of hydrogen-bond donors (Lipinski definition) is 1. The standard InChI is InChI=1S/C23H22N2O2S2/c1-15(2)16-8-10-19(11-9-16)25-21(26)14-29-23(25)17-5-3-6-18(13-17)24-22(27)20-7-4-12-28-20/h3-13,15,23H,14H2,1-2H3,(H,24,27)/t23-/m0/s1. The molecule has 0 aliphatic carbocycles. The van der Waals surface area contributed by atoms with E-state index in [1.54, 1.807) is 17.8 Å². The first-order valence-electron chi connectivity index (χ1n) is 9.51. The average Bonchev–Trinajstić information content (AvgIpc) is 3.38. The van der Waals surface area contributed by atoms with Crippen molar-refractivity contribution in [2.24, 2.45) is 0 Å². The van der Waals surface area contributed by atoms with Gasteiger partial charge in [-0.25, -0.2) is 0 Å². The molecule has 29 heavy (non-hydrogen) atoms. The van der Waals surface area contributed by atoms with E-state index >= 15 is 0 Å². The molecule has 0 spiro atoms. The summed E-state index contributed by atoms with van der Waals surface area (Å²) in [5, 5.41) is 4.73. The van der Waals surface area contributed by atoms with Gasteiger partial charge in [-0.2, -0.15) is 0 Å². The zero-order chi connectivity index (χ0) is 20.4. The molecule has 4 nitrogen and oxygen atoms in total. The van der Waals surface area contributed by atoms with Gasteiger partial charge in [-0.15, -0.1) is 23.1 Å². The molecule has 1 aliphatic rings. The second-order valence-electron chi connectivity index (χ2n) is 7.23. The van der Waals surface area contributed by atoms with Crippen molar-refractivity contribution in [3.05, 3.63) is 82.0 Å². The number of hydrogen-bond acceptors (Lipinski definition) is 4. The first-order chi connectivity index (χ1) is 14.0. The Hall–Kier alpha value is -2.57. The van der Waals surface area contributed by atoms with E-state index in [-0.39, 0.29) is 17.2 Å². The Morgan fingerprint density at radius 3 is 2.59 bits per heavy atom. The summed E-state index contributed by atoms with van der Waals surface area (Å²) >= 11 is 3.02. The number of nitrogens with one attached hydrogen (secondary N) is 1. The number of carbonyl (C=O) groups is 2. The van der Waals surface area contributed by atoms with Gasteiger partial charge in [0.05, 0.1) is 10.6 Å². The van der Waals surface area contributed by atoms with Gasteiger partial charge in [0.2, 0.25) is 5.91 Å². The molecule has 3 aromatic rings. The van der Waals surface area contributed by atoms with Gasteiger partial charge < -0.3 is 5.32 Å². The fourth-order valence-electron chi connectivity index (χ4n) is 3.34. The van der Waals surface area contributed by atoms with Gasteiger partial charge in [0, 0.05) is 11.4 Å². The number of anilines is 2. The molecule has 1 fully saturated rings. The van der Waals surface area contributed by atoms with Gasteiger partial charge in [0.25, 0.3) is 5.91 Å². The maximum Gasteiger partial charge on any atom is 0.265 e. The topological polar surface area (TPSA) is 49.4 Å². The van der Waals surface area contributed by atoms with E-state index in [4.69, 9.17) is 0 Å². The van der Waals surface area contributed by atoms with Crippen molar-refractivity contribution in [2.45, 2.75) is 25.1 Å². The second-order valence-corrected chi connectivity index (χ2v) is 9.25. The lowest BCUT2D eigenvalue weighted by Crippen LogP contribution is -2.27. The molecule has 1 aromatic heterocycles. The highest BCUT2D eigenvalue weighted by Gasteiger charge is 2.34. The normalized spacial score (nSPS) is 16.4. The first-order valence-corrected chi connectivity index (χ1v) is 11.4. The molecular formula is C23H22N2O2S2. The maximum atomic E-state index is 12.6. The van der Waals surface area contributed by atoms with Gasteiger partial charge in [-0.3, -0.25) is 14.5 Å². The lowest BCUT2D eigenvalue weighted by Gasteiger charge is -2.25. The predicted molar refractivity (Wildman–Crippen MR) is 122 cm³/mol. The van der Waals surface area contributed by atoms with Gasteiger partial charge in [-0.05, 0) is 52.8 Å². The Kier molecular flexibility index (Phi) is 5.74. The zero-order valence-electron chi connectivity index (χ0n) is 16.3. The largest absolute Gasteiger partial charge is 0.321 e. The van der Waals surface area contributed by atoms with Crippen molar-refractivity contribution in [1.29, 1.82) is 0 Å². The Bertz CT molecular complexity index is 1010. The van der Waals surface area contributed by atoms with E-state index in [0.717, 1.165) is 16.9 Å². The van der Waals surface area contributed by atoms with Gasteiger partial charge in [-0.1, -0.05) is 44.2 Å². The SMILES string of the molecule is CC(C)c1ccc(N2C(=O)CS[C@H]2c2cccc(NC(=O)c3cccs3)c2)cc1. The van der Waals surface area contributed by atoms with Crippen LogP contribution in [0, 0.1) is 0 Å². The monoisotopic (exact) mass is 422 g/mol.